The Labute approximate surface area is 174 Å². The molecule has 0 saturated carbocycles. The van der Waals surface area contributed by atoms with Crippen molar-refractivity contribution in [1.82, 2.24) is 14.5 Å². The van der Waals surface area contributed by atoms with Crippen LogP contribution < -0.4 is 16.6 Å². The average molecular weight is 407 g/mol. The zero-order valence-electron chi connectivity index (χ0n) is 17.3. The zero-order valence-corrected chi connectivity index (χ0v) is 17.3. The number of benzene rings is 2. The first kappa shape index (κ1) is 21.2. The van der Waals surface area contributed by atoms with E-state index in [1.807, 2.05) is 32.0 Å². The van der Waals surface area contributed by atoms with E-state index in [0.29, 0.717) is 16.7 Å². The van der Waals surface area contributed by atoms with Crippen LogP contribution in [0.2, 0.25) is 0 Å². The number of anilines is 1. The Bertz CT molecular complexity index is 1150. The molecule has 1 aromatic heterocycles. The molecule has 0 fully saturated rings. The molecule has 0 aliphatic heterocycles. The van der Waals surface area contributed by atoms with Crippen LogP contribution in [0.3, 0.4) is 0 Å². The number of hydrogen-bond acceptors (Lipinski definition) is 5. The Morgan fingerprint density at radius 2 is 1.77 bits per heavy atom. The topological polar surface area (TPSA) is 110 Å². The molecule has 30 heavy (non-hydrogen) atoms. The third-order valence-corrected chi connectivity index (χ3v) is 4.83. The van der Waals surface area contributed by atoms with E-state index >= 15 is 0 Å². The van der Waals surface area contributed by atoms with Crippen molar-refractivity contribution < 1.29 is 9.59 Å². The molecule has 8 heteroatoms. The van der Waals surface area contributed by atoms with Crippen LogP contribution >= 0.6 is 0 Å². The molecule has 8 nitrogen and oxygen atoms in total. The summed E-state index contributed by atoms with van der Waals surface area (Å²) in [6.45, 7) is 3.90. The van der Waals surface area contributed by atoms with E-state index in [-0.39, 0.29) is 31.1 Å². The zero-order chi connectivity index (χ0) is 21.8. The molecule has 2 aromatic carbocycles. The number of primary amides is 1. The van der Waals surface area contributed by atoms with E-state index in [1.165, 1.54) is 4.57 Å². The fourth-order valence-electron chi connectivity index (χ4n) is 3.39. The summed E-state index contributed by atoms with van der Waals surface area (Å²) in [5.41, 5.74) is 8.30. The largest absolute Gasteiger partial charge is 0.368 e. The first-order chi connectivity index (χ1) is 14.3. The van der Waals surface area contributed by atoms with E-state index in [4.69, 9.17) is 5.73 Å². The highest BCUT2D eigenvalue weighted by Gasteiger charge is 2.16. The summed E-state index contributed by atoms with van der Waals surface area (Å²) in [5, 5.41) is 3.35. The van der Waals surface area contributed by atoms with Gasteiger partial charge < -0.3 is 11.1 Å². The van der Waals surface area contributed by atoms with Gasteiger partial charge in [-0.15, -0.1) is 0 Å². The number of para-hydroxylation sites is 2. The molecule has 0 radical (unpaired) electrons. The molecule has 0 bridgehead atoms. The average Bonchev–Trinajstić information content (AvgIpc) is 2.67. The molecular weight excluding hydrogens is 382 g/mol. The van der Waals surface area contributed by atoms with Crippen molar-refractivity contribution in [2.75, 3.05) is 18.9 Å². The van der Waals surface area contributed by atoms with Crippen molar-refractivity contribution in [1.29, 1.82) is 0 Å². The molecule has 0 unspecified atom stereocenters. The van der Waals surface area contributed by atoms with Gasteiger partial charge in [-0.05, 0) is 44.2 Å². The number of nitrogens with zero attached hydrogens (tertiary/aromatic N) is 3. The van der Waals surface area contributed by atoms with E-state index in [2.05, 4.69) is 10.3 Å². The van der Waals surface area contributed by atoms with Crippen LogP contribution in [0.15, 0.2) is 47.3 Å². The Morgan fingerprint density at radius 1 is 1.10 bits per heavy atom. The Balaban J connectivity index is 1.82. The standard InChI is InChI=1S/C22H25N5O3/c1-14-7-6-8-15(2)21(14)25-20(29)13-26(3)12-19-24-17-10-5-4-9-16(17)22(30)27(19)11-18(23)28/h4-10H,11-13H2,1-3H3,(H2,23,28)(H,25,29). The smallest absolute Gasteiger partial charge is 0.261 e. The normalized spacial score (nSPS) is 11.1. The maximum Gasteiger partial charge on any atom is 0.261 e. The number of aryl methyl sites for hydroxylation is 2. The van der Waals surface area contributed by atoms with Crippen molar-refractivity contribution >= 4 is 28.4 Å². The quantitative estimate of drug-likeness (QED) is 0.618. The summed E-state index contributed by atoms with van der Waals surface area (Å²) < 4.78 is 1.27. The minimum absolute atomic E-state index is 0.0903. The number of nitrogens with one attached hydrogen (secondary N) is 1. The van der Waals surface area contributed by atoms with E-state index in [9.17, 15) is 14.4 Å². The minimum atomic E-state index is -0.633. The number of nitrogens with two attached hydrogens (primary N) is 1. The molecule has 0 spiro atoms. The third kappa shape index (κ3) is 4.72. The SMILES string of the molecule is Cc1cccc(C)c1NC(=O)CN(C)Cc1nc2ccccc2c(=O)n1CC(N)=O. The van der Waals surface area contributed by atoms with Crippen molar-refractivity contribution in [2.45, 2.75) is 26.9 Å². The van der Waals surface area contributed by atoms with Crippen LogP contribution in [-0.4, -0.2) is 39.9 Å². The maximum atomic E-state index is 12.8. The van der Waals surface area contributed by atoms with Gasteiger partial charge in [-0.3, -0.25) is 23.9 Å². The number of carbonyl (C=O) groups excluding carboxylic acids is 2. The summed E-state index contributed by atoms with van der Waals surface area (Å²) in [4.78, 5) is 43.1. The molecule has 156 valence electrons. The van der Waals surface area contributed by atoms with Gasteiger partial charge in [-0.2, -0.15) is 0 Å². The number of carbonyl (C=O) groups is 2. The lowest BCUT2D eigenvalue weighted by Gasteiger charge is -2.19. The molecule has 0 atom stereocenters. The summed E-state index contributed by atoms with van der Waals surface area (Å²) >= 11 is 0. The second-order valence-electron chi connectivity index (χ2n) is 7.39. The van der Waals surface area contributed by atoms with Crippen molar-refractivity contribution in [3.05, 3.63) is 69.8 Å². The number of aromatic nitrogens is 2. The number of amides is 2. The maximum absolute atomic E-state index is 12.8. The van der Waals surface area contributed by atoms with Crippen LogP contribution in [0, 0.1) is 13.8 Å². The monoisotopic (exact) mass is 407 g/mol. The lowest BCUT2D eigenvalue weighted by Crippen LogP contribution is -2.36. The van der Waals surface area contributed by atoms with E-state index in [1.54, 1.807) is 36.2 Å². The summed E-state index contributed by atoms with van der Waals surface area (Å²) in [6, 6.07) is 12.7. The fraction of sp³-hybridized carbons (Fsp3) is 0.273. The summed E-state index contributed by atoms with van der Waals surface area (Å²) in [5.74, 6) is -0.440. The molecule has 3 rings (SSSR count). The summed E-state index contributed by atoms with van der Waals surface area (Å²) in [7, 11) is 1.75. The second-order valence-corrected chi connectivity index (χ2v) is 7.39. The lowest BCUT2D eigenvalue weighted by atomic mass is 10.1. The van der Waals surface area contributed by atoms with Crippen molar-refractivity contribution in [3.8, 4) is 0 Å². The van der Waals surface area contributed by atoms with E-state index in [0.717, 1.165) is 16.8 Å². The number of fused-ring (bicyclic) bond motifs is 1. The molecule has 3 aromatic rings. The summed E-state index contributed by atoms with van der Waals surface area (Å²) in [6.07, 6.45) is 0. The van der Waals surface area contributed by atoms with Crippen LogP contribution in [0.1, 0.15) is 17.0 Å². The van der Waals surface area contributed by atoms with Gasteiger partial charge in [0.15, 0.2) is 0 Å². The van der Waals surface area contributed by atoms with Gasteiger partial charge >= 0.3 is 0 Å². The highest BCUT2D eigenvalue weighted by molar-refractivity contribution is 5.93. The van der Waals surface area contributed by atoms with Crippen molar-refractivity contribution in [3.63, 3.8) is 0 Å². The fourth-order valence-corrected chi connectivity index (χ4v) is 3.39. The predicted octanol–water partition coefficient (Wildman–Crippen LogP) is 1.57. The first-order valence-corrected chi connectivity index (χ1v) is 9.57. The van der Waals surface area contributed by atoms with Crippen LogP contribution in [0.25, 0.3) is 10.9 Å². The molecule has 3 N–H and O–H groups in total. The molecule has 0 aliphatic rings. The lowest BCUT2D eigenvalue weighted by molar-refractivity contribution is -0.119. The minimum Gasteiger partial charge on any atom is -0.368 e. The first-order valence-electron chi connectivity index (χ1n) is 9.57. The number of likely N-dealkylation sites (N-methyl/N-ethyl adjacent to an activating group) is 1. The van der Waals surface area contributed by atoms with Gasteiger partial charge in [0.1, 0.15) is 12.4 Å². The molecule has 0 aliphatic carbocycles. The van der Waals surface area contributed by atoms with Gasteiger partial charge in [-0.25, -0.2) is 4.98 Å². The Hall–Kier alpha value is -3.52. The van der Waals surface area contributed by atoms with Gasteiger partial charge in [0.05, 0.1) is 24.0 Å². The highest BCUT2D eigenvalue weighted by atomic mass is 16.2. The molecule has 0 saturated heterocycles. The van der Waals surface area contributed by atoms with Crippen molar-refractivity contribution in [2.24, 2.45) is 5.73 Å². The van der Waals surface area contributed by atoms with Gasteiger partial charge in [0.25, 0.3) is 5.56 Å². The molecular formula is C22H25N5O3. The Kier molecular flexibility index (Phi) is 6.27. The number of hydrogen-bond donors (Lipinski definition) is 2. The van der Waals surface area contributed by atoms with Gasteiger partial charge in [0, 0.05) is 5.69 Å². The van der Waals surface area contributed by atoms with Crippen LogP contribution in [0.4, 0.5) is 5.69 Å². The third-order valence-electron chi connectivity index (χ3n) is 4.83. The predicted molar refractivity (Wildman–Crippen MR) is 116 cm³/mol. The Morgan fingerprint density at radius 3 is 2.43 bits per heavy atom. The molecule has 2 amide bonds. The van der Waals surface area contributed by atoms with Crippen LogP contribution in [0.5, 0.6) is 0 Å². The van der Waals surface area contributed by atoms with Crippen LogP contribution in [-0.2, 0) is 22.7 Å². The molecule has 1 heterocycles. The number of rotatable bonds is 7. The highest BCUT2D eigenvalue weighted by Crippen LogP contribution is 2.19. The van der Waals surface area contributed by atoms with Gasteiger partial charge in [0.2, 0.25) is 11.8 Å². The second kappa shape index (κ2) is 8.87. The van der Waals surface area contributed by atoms with E-state index < -0.39 is 5.91 Å². The van der Waals surface area contributed by atoms with Gasteiger partial charge in [-0.1, -0.05) is 30.3 Å².